The van der Waals surface area contributed by atoms with Crippen molar-refractivity contribution in [1.29, 1.82) is 0 Å². The molecule has 0 aliphatic carbocycles. The van der Waals surface area contributed by atoms with Crippen molar-refractivity contribution in [3.8, 4) is 0 Å². The van der Waals surface area contributed by atoms with Crippen molar-refractivity contribution in [2.24, 2.45) is 0 Å². The first-order valence-corrected chi connectivity index (χ1v) is 6.30. The minimum absolute atomic E-state index is 0.0524. The van der Waals surface area contributed by atoms with Crippen LogP contribution in [0.2, 0.25) is 0 Å². The monoisotopic (exact) mass is 259 g/mol. The van der Waals surface area contributed by atoms with Gasteiger partial charge in [0.1, 0.15) is 5.82 Å². The molecular formula is C12H19F2N3O. The van der Waals surface area contributed by atoms with E-state index < -0.39 is 6.55 Å². The van der Waals surface area contributed by atoms with Crippen molar-refractivity contribution >= 4 is 0 Å². The first kappa shape index (κ1) is 13.4. The summed E-state index contributed by atoms with van der Waals surface area (Å²) < 4.78 is 26.4. The van der Waals surface area contributed by atoms with Crippen LogP contribution in [0.3, 0.4) is 0 Å². The van der Waals surface area contributed by atoms with E-state index in [1.807, 2.05) is 0 Å². The lowest BCUT2D eigenvalue weighted by atomic mass is 9.97. The van der Waals surface area contributed by atoms with Crippen molar-refractivity contribution < 1.29 is 13.9 Å². The third-order valence-corrected chi connectivity index (χ3v) is 3.69. The number of hydrogen-bond acceptors (Lipinski definition) is 3. The van der Waals surface area contributed by atoms with Gasteiger partial charge in [0.05, 0.1) is 13.2 Å². The minimum Gasteiger partial charge on any atom is -0.395 e. The van der Waals surface area contributed by atoms with Crippen molar-refractivity contribution in [2.75, 3.05) is 6.61 Å². The second kappa shape index (κ2) is 5.75. The van der Waals surface area contributed by atoms with E-state index in [4.69, 9.17) is 0 Å². The molecule has 6 heteroatoms. The second-order valence-electron chi connectivity index (χ2n) is 4.82. The van der Waals surface area contributed by atoms with E-state index in [0.29, 0.717) is 18.4 Å². The molecule has 2 unspecified atom stereocenters. The molecule has 1 N–H and O–H groups in total. The molecule has 0 spiro atoms. The summed E-state index contributed by atoms with van der Waals surface area (Å²) in [5, 5.41) is 9.37. The van der Waals surface area contributed by atoms with Gasteiger partial charge < -0.3 is 5.11 Å². The number of aliphatic hydroxyl groups is 1. The van der Waals surface area contributed by atoms with Gasteiger partial charge >= 0.3 is 6.55 Å². The molecule has 2 atom stereocenters. The highest BCUT2D eigenvalue weighted by Gasteiger charge is 2.28. The van der Waals surface area contributed by atoms with Gasteiger partial charge in [0.2, 0.25) is 0 Å². The molecule has 0 saturated carbocycles. The molecule has 1 aliphatic heterocycles. The Kier molecular flexibility index (Phi) is 4.29. The van der Waals surface area contributed by atoms with Crippen LogP contribution in [-0.2, 0) is 6.54 Å². The van der Waals surface area contributed by atoms with E-state index in [0.717, 1.165) is 23.8 Å². The number of imidazole rings is 1. The molecule has 1 aromatic rings. The SMILES string of the molecule is CC1CCCC(CO)N1Cc1nccn1C(F)F. The number of aromatic nitrogens is 2. The first-order valence-electron chi connectivity index (χ1n) is 6.30. The molecule has 2 rings (SSSR count). The Hall–Kier alpha value is -1.01. The van der Waals surface area contributed by atoms with Crippen LogP contribution in [-0.4, -0.2) is 38.2 Å². The molecule has 1 aliphatic rings. The van der Waals surface area contributed by atoms with Crippen LogP contribution in [0.5, 0.6) is 0 Å². The Morgan fingerprint density at radius 1 is 1.50 bits per heavy atom. The zero-order chi connectivity index (χ0) is 13.1. The van der Waals surface area contributed by atoms with Gasteiger partial charge in [-0.2, -0.15) is 8.78 Å². The Labute approximate surface area is 105 Å². The number of nitrogens with zero attached hydrogens (tertiary/aromatic N) is 3. The van der Waals surface area contributed by atoms with Crippen LogP contribution >= 0.6 is 0 Å². The molecule has 102 valence electrons. The average Bonchev–Trinajstić information content (AvgIpc) is 2.80. The Bertz CT molecular complexity index is 383. The van der Waals surface area contributed by atoms with Crippen molar-refractivity contribution in [3.05, 3.63) is 18.2 Å². The average molecular weight is 259 g/mol. The van der Waals surface area contributed by atoms with Crippen molar-refractivity contribution in [1.82, 2.24) is 14.5 Å². The predicted octanol–water partition coefficient (Wildman–Crippen LogP) is 2.01. The van der Waals surface area contributed by atoms with Crippen LogP contribution in [0, 0.1) is 0 Å². The van der Waals surface area contributed by atoms with E-state index in [1.54, 1.807) is 0 Å². The maximum atomic E-state index is 12.7. The number of likely N-dealkylation sites (tertiary alicyclic amines) is 1. The van der Waals surface area contributed by atoms with Crippen LogP contribution in [0.15, 0.2) is 12.4 Å². The third kappa shape index (κ3) is 2.70. The Morgan fingerprint density at radius 2 is 2.28 bits per heavy atom. The van der Waals surface area contributed by atoms with Gasteiger partial charge in [-0.25, -0.2) is 4.98 Å². The van der Waals surface area contributed by atoms with Crippen LogP contribution in [0.1, 0.15) is 38.6 Å². The molecule has 0 radical (unpaired) electrons. The number of rotatable bonds is 4. The van der Waals surface area contributed by atoms with Gasteiger partial charge in [-0.3, -0.25) is 9.47 Å². The highest BCUT2D eigenvalue weighted by atomic mass is 19.3. The fourth-order valence-electron chi connectivity index (χ4n) is 2.63. The van der Waals surface area contributed by atoms with Crippen LogP contribution in [0.25, 0.3) is 0 Å². The summed E-state index contributed by atoms with van der Waals surface area (Å²) in [6.07, 6.45) is 5.71. The van der Waals surface area contributed by atoms with Gasteiger partial charge in [0, 0.05) is 24.5 Å². The fourth-order valence-corrected chi connectivity index (χ4v) is 2.63. The van der Waals surface area contributed by atoms with E-state index in [1.165, 1.54) is 12.4 Å². The standard InChI is InChI=1S/C12H19F2N3O/c1-9-3-2-4-10(8-18)17(9)7-11-15-5-6-16(11)12(13)14/h5-6,9-10,12,18H,2-4,7-8H2,1H3. The smallest absolute Gasteiger partial charge is 0.319 e. The van der Waals surface area contributed by atoms with Gasteiger partial charge in [-0.05, 0) is 19.8 Å². The minimum atomic E-state index is -2.56. The number of hydrogen-bond donors (Lipinski definition) is 1. The number of aliphatic hydroxyl groups excluding tert-OH is 1. The van der Waals surface area contributed by atoms with Gasteiger partial charge in [0.25, 0.3) is 0 Å². The quantitative estimate of drug-likeness (QED) is 0.899. The van der Waals surface area contributed by atoms with Gasteiger partial charge in [0.15, 0.2) is 0 Å². The summed E-state index contributed by atoms with van der Waals surface area (Å²) in [6, 6.07) is 0.343. The van der Waals surface area contributed by atoms with E-state index >= 15 is 0 Å². The first-order chi connectivity index (χ1) is 8.63. The molecule has 0 amide bonds. The predicted molar refractivity (Wildman–Crippen MR) is 63.2 cm³/mol. The molecule has 1 fully saturated rings. The highest BCUT2D eigenvalue weighted by Crippen LogP contribution is 2.25. The number of piperidine rings is 1. The molecule has 0 bridgehead atoms. The van der Waals surface area contributed by atoms with E-state index in [9.17, 15) is 13.9 Å². The fraction of sp³-hybridized carbons (Fsp3) is 0.750. The molecule has 18 heavy (non-hydrogen) atoms. The van der Waals surface area contributed by atoms with Crippen LogP contribution in [0.4, 0.5) is 8.78 Å². The van der Waals surface area contributed by atoms with Gasteiger partial charge in [-0.15, -0.1) is 0 Å². The Morgan fingerprint density at radius 3 is 2.94 bits per heavy atom. The molecule has 0 aromatic carbocycles. The van der Waals surface area contributed by atoms with Crippen molar-refractivity contribution in [2.45, 2.75) is 51.4 Å². The van der Waals surface area contributed by atoms with Crippen LogP contribution < -0.4 is 0 Å². The maximum Gasteiger partial charge on any atom is 0.319 e. The topological polar surface area (TPSA) is 41.3 Å². The molecular weight excluding hydrogens is 240 g/mol. The molecule has 4 nitrogen and oxygen atoms in total. The summed E-state index contributed by atoms with van der Waals surface area (Å²) in [7, 11) is 0. The van der Waals surface area contributed by atoms with E-state index in [2.05, 4.69) is 16.8 Å². The summed E-state index contributed by atoms with van der Waals surface area (Å²) in [5.41, 5.74) is 0. The number of halogens is 2. The lowest BCUT2D eigenvalue weighted by molar-refractivity contribution is 0.0310. The molecule has 1 saturated heterocycles. The Balaban J connectivity index is 2.12. The maximum absolute atomic E-state index is 12.7. The summed E-state index contributed by atoms with van der Waals surface area (Å²) >= 11 is 0. The van der Waals surface area contributed by atoms with Gasteiger partial charge in [-0.1, -0.05) is 6.42 Å². The zero-order valence-corrected chi connectivity index (χ0v) is 10.5. The normalized spacial score (nSPS) is 25.8. The summed E-state index contributed by atoms with van der Waals surface area (Å²) in [5.74, 6) is 0.359. The lowest BCUT2D eigenvalue weighted by Gasteiger charge is -2.39. The summed E-state index contributed by atoms with van der Waals surface area (Å²) in [6.45, 7) is -0.0591. The lowest BCUT2D eigenvalue weighted by Crippen LogP contribution is -2.46. The highest BCUT2D eigenvalue weighted by molar-refractivity contribution is 4.95. The largest absolute Gasteiger partial charge is 0.395 e. The summed E-state index contributed by atoms with van der Waals surface area (Å²) in [4.78, 5) is 6.07. The third-order valence-electron chi connectivity index (χ3n) is 3.69. The number of alkyl halides is 2. The van der Waals surface area contributed by atoms with E-state index in [-0.39, 0.29) is 12.6 Å². The second-order valence-corrected chi connectivity index (χ2v) is 4.82. The zero-order valence-electron chi connectivity index (χ0n) is 10.5. The van der Waals surface area contributed by atoms with Crippen molar-refractivity contribution in [3.63, 3.8) is 0 Å². The molecule has 2 heterocycles. The molecule has 1 aromatic heterocycles.